The van der Waals surface area contributed by atoms with Crippen LogP contribution in [-0.4, -0.2) is 19.2 Å². The highest BCUT2D eigenvalue weighted by Crippen LogP contribution is 2.31. The van der Waals surface area contributed by atoms with Crippen LogP contribution < -0.4 is 4.72 Å². The Kier molecular flexibility index (Phi) is 4.84. The van der Waals surface area contributed by atoms with Crippen LogP contribution in [0.15, 0.2) is 70.0 Å². The summed E-state index contributed by atoms with van der Waals surface area (Å²) in [4.78, 5) is 15.9. The highest BCUT2D eigenvalue weighted by atomic mass is 32.2. The van der Waals surface area contributed by atoms with Crippen molar-refractivity contribution in [3.05, 3.63) is 72.0 Å². The van der Waals surface area contributed by atoms with Gasteiger partial charge in [0.1, 0.15) is 5.76 Å². The standard InChI is InChI=1S/C20H16N2O4S2/c1-13(23)14-6-9-16(10-7-14)28(24,25)21-12-15-8-11-18(26-15)20-22-17-4-2-3-5-19(17)27-20/h2-11,21H,12H2,1H3. The molecule has 0 aliphatic heterocycles. The molecule has 0 fully saturated rings. The second kappa shape index (κ2) is 7.31. The quantitative estimate of drug-likeness (QED) is 0.479. The third kappa shape index (κ3) is 3.75. The molecule has 4 aromatic rings. The van der Waals surface area contributed by atoms with Crippen LogP contribution in [0, 0.1) is 0 Å². The largest absolute Gasteiger partial charge is 0.457 e. The molecule has 0 spiro atoms. The third-order valence-corrected chi connectivity index (χ3v) is 6.64. The van der Waals surface area contributed by atoms with E-state index in [0.29, 0.717) is 17.1 Å². The molecule has 1 N–H and O–H groups in total. The second-order valence-electron chi connectivity index (χ2n) is 6.16. The maximum atomic E-state index is 12.4. The summed E-state index contributed by atoms with van der Waals surface area (Å²) in [5.74, 6) is 0.967. The molecular weight excluding hydrogens is 396 g/mol. The number of nitrogens with one attached hydrogen (secondary N) is 1. The van der Waals surface area contributed by atoms with Crippen molar-refractivity contribution >= 4 is 37.4 Å². The van der Waals surface area contributed by atoms with Gasteiger partial charge in [-0.05, 0) is 43.3 Å². The van der Waals surface area contributed by atoms with Crippen LogP contribution in [0.4, 0.5) is 0 Å². The first-order valence-corrected chi connectivity index (χ1v) is 10.8. The number of thiazole rings is 1. The maximum absolute atomic E-state index is 12.4. The first-order valence-electron chi connectivity index (χ1n) is 8.48. The van der Waals surface area contributed by atoms with Crippen molar-refractivity contribution < 1.29 is 17.6 Å². The van der Waals surface area contributed by atoms with E-state index >= 15 is 0 Å². The Bertz CT molecular complexity index is 1220. The van der Waals surface area contributed by atoms with E-state index in [9.17, 15) is 13.2 Å². The Labute approximate surface area is 165 Å². The lowest BCUT2D eigenvalue weighted by atomic mass is 10.2. The van der Waals surface area contributed by atoms with E-state index in [1.165, 1.54) is 42.5 Å². The number of carbonyl (C=O) groups is 1. The monoisotopic (exact) mass is 412 g/mol. The number of furan rings is 1. The molecule has 142 valence electrons. The van der Waals surface area contributed by atoms with E-state index in [-0.39, 0.29) is 17.2 Å². The van der Waals surface area contributed by atoms with Crippen LogP contribution in [0.25, 0.3) is 21.0 Å². The molecule has 2 aromatic carbocycles. The molecule has 0 aliphatic rings. The number of ketones is 1. The van der Waals surface area contributed by atoms with Gasteiger partial charge in [-0.3, -0.25) is 4.79 Å². The number of nitrogens with zero attached hydrogens (tertiary/aromatic N) is 1. The minimum Gasteiger partial charge on any atom is -0.457 e. The molecule has 0 amide bonds. The predicted molar refractivity (Wildman–Crippen MR) is 108 cm³/mol. The zero-order valence-electron chi connectivity index (χ0n) is 14.9. The van der Waals surface area contributed by atoms with Crippen LogP contribution >= 0.6 is 11.3 Å². The van der Waals surface area contributed by atoms with Gasteiger partial charge in [-0.25, -0.2) is 18.1 Å². The highest BCUT2D eigenvalue weighted by molar-refractivity contribution is 7.89. The molecule has 2 aromatic heterocycles. The Balaban J connectivity index is 1.48. The lowest BCUT2D eigenvalue weighted by Crippen LogP contribution is -2.23. The summed E-state index contributed by atoms with van der Waals surface area (Å²) in [5.41, 5.74) is 1.36. The third-order valence-electron chi connectivity index (χ3n) is 4.17. The van der Waals surface area contributed by atoms with Crippen LogP contribution in [0.5, 0.6) is 0 Å². The van der Waals surface area contributed by atoms with E-state index in [0.717, 1.165) is 15.2 Å². The Hall–Kier alpha value is -2.81. The average molecular weight is 412 g/mol. The second-order valence-corrected chi connectivity index (χ2v) is 8.96. The van der Waals surface area contributed by atoms with Crippen LogP contribution in [0.3, 0.4) is 0 Å². The number of Topliss-reactive ketones (excluding diaryl/α,β-unsaturated/α-hetero) is 1. The summed E-state index contributed by atoms with van der Waals surface area (Å²) in [7, 11) is -3.71. The molecule has 28 heavy (non-hydrogen) atoms. The van der Waals surface area contributed by atoms with Gasteiger partial charge in [-0.2, -0.15) is 0 Å². The van der Waals surface area contributed by atoms with E-state index in [4.69, 9.17) is 4.42 Å². The van der Waals surface area contributed by atoms with Crippen LogP contribution in [0.1, 0.15) is 23.0 Å². The molecule has 4 rings (SSSR count). The first kappa shape index (κ1) is 18.5. The smallest absolute Gasteiger partial charge is 0.240 e. The molecule has 0 radical (unpaired) electrons. The Morgan fingerprint density at radius 2 is 1.82 bits per heavy atom. The van der Waals surface area contributed by atoms with E-state index in [2.05, 4.69) is 9.71 Å². The molecule has 0 saturated carbocycles. The number of hydrogen-bond donors (Lipinski definition) is 1. The van der Waals surface area contributed by atoms with Gasteiger partial charge >= 0.3 is 0 Å². The minimum absolute atomic E-state index is 0.0156. The molecule has 8 heteroatoms. The SMILES string of the molecule is CC(=O)c1ccc(S(=O)(=O)NCc2ccc(-c3nc4ccccc4s3)o2)cc1. The Morgan fingerprint density at radius 3 is 2.54 bits per heavy atom. The van der Waals surface area contributed by atoms with Crippen molar-refractivity contribution in [1.29, 1.82) is 0 Å². The average Bonchev–Trinajstić information content (AvgIpc) is 3.33. The van der Waals surface area contributed by atoms with Gasteiger partial charge in [0.05, 0.1) is 21.7 Å². The lowest BCUT2D eigenvalue weighted by Gasteiger charge is -2.06. The number of rotatable bonds is 6. The molecule has 0 atom stereocenters. The van der Waals surface area contributed by atoms with Gasteiger partial charge in [0, 0.05) is 5.56 Å². The van der Waals surface area contributed by atoms with E-state index in [1.54, 1.807) is 12.1 Å². The topological polar surface area (TPSA) is 89.3 Å². The van der Waals surface area contributed by atoms with Gasteiger partial charge in [0.25, 0.3) is 0 Å². The number of fused-ring (bicyclic) bond motifs is 1. The molecule has 0 aliphatic carbocycles. The van der Waals surface area contributed by atoms with Crippen LogP contribution in [-0.2, 0) is 16.6 Å². The molecule has 0 saturated heterocycles. The zero-order valence-corrected chi connectivity index (χ0v) is 16.5. The van der Waals surface area contributed by atoms with Gasteiger partial charge in [0.15, 0.2) is 16.6 Å². The predicted octanol–water partition coefficient (Wildman–Crippen LogP) is 4.24. The molecule has 0 unspecified atom stereocenters. The van der Waals surface area contributed by atoms with Crippen molar-refractivity contribution in [1.82, 2.24) is 9.71 Å². The van der Waals surface area contributed by atoms with Gasteiger partial charge in [0.2, 0.25) is 10.0 Å². The number of carbonyl (C=O) groups excluding carboxylic acids is 1. The normalized spacial score (nSPS) is 11.8. The van der Waals surface area contributed by atoms with E-state index in [1.807, 2.05) is 24.3 Å². The fourth-order valence-corrected chi connectivity index (χ4v) is 4.60. The fourth-order valence-electron chi connectivity index (χ4n) is 2.68. The van der Waals surface area contributed by atoms with Gasteiger partial charge in [-0.15, -0.1) is 11.3 Å². The molecule has 6 nitrogen and oxygen atoms in total. The molecule has 2 heterocycles. The summed E-state index contributed by atoms with van der Waals surface area (Å²) in [5, 5.41) is 0.745. The Morgan fingerprint density at radius 1 is 1.07 bits per heavy atom. The van der Waals surface area contributed by atoms with Crippen molar-refractivity contribution in [3.8, 4) is 10.8 Å². The number of para-hydroxylation sites is 1. The lowest BCUT2D eigenvalue weighted by molar-refractivity contribution is 0.101. The summed E-state index contributed by atoms with van der Waals surface area (Å²) in [6.45, 7) is 1.45. The van der Waals surface area contributed by atoms with Crippen molar-refractivity contribution in [2.45, 2.75) is 18.4 Å². The zero-order chi connectivity index (χ0) is 19.7. The van der Waals surface area contributed by atoms with Crippen LogP contribution in [0.2, 0.25) is 0 Å². The summed E-state index contributed by atoms with van der Waals surface area (Å²) in [6, 6.07) is 17.1. The van der Waals surface area contributed by atoms with Gasteiger partial charge < -0.3 is 4.42 Å². The van der Waals surface area contributed by atoms with Gasteiger partial charge in [-0.1, -0.05) is 24.3 Å². The minimum atomic E-state index is -3.71. The number of aromatic nitrogens is 1. The molecule has 0 bridgehead atoms. The number of benzene rings is 2. The molecular formula is C20H16N2O4S2. The fraction of sp³-hybridized carbons (Fsp3) is 0.100. The van der Waals surface area contributed by atoms with E-state index < -0.39 is 10.0 Å². The number of hydrogen-bond acceptors (Lipinski definition) is 6. The highest BCUT2D eigenvalue weighted by Gasteiger charge is 2.16. The summed E-state index contributed by atoms with van der Waals surface area (Å²) < 4.78 is 34.2. The summed E-state index contributed by atoms with van der Waals surface area (Å²) >= 11 is 1.52. The van der Waals surface area contributed by atoms with Crippen molar-refractivity contribution in [3.63, 3.8) is 0 Å². The van der Waals surface area contributed by atoms with Crippen molar-refractivity contribution in [2.75, 3.05) is 0 Å². The summed E-state index contributed by atoms with van der Waals surface area (Å²) in [6.07, 6.45) is 0. The maximum Gasteiger partial charge on any atom is 0.240 e. The number of sulfonamides is 1. The van der Waals surface area contributed by atoms with Crippen molar-refractivity contribution in [2.24, 2.45) is 0 Å². The first-order chi connectivity index (χ1) is 13.4.